The Morgan fingerprint density at radius 2 is 2.45 bits per heavy atom. The molecule has 2 rings (SSSR count). The molecule has 6 heteroatoms. The van der Waals surface area contributed by atoms with Crippen molar-refractivity contribution in [2.24, 2.45) is 5.92 Å². The highest BCUT2D eigenvalue weighted by Crippen LogP contribution is 2.18. The lowest BCUT2D eigenvalue weighted by Crippen LogP contribution is -2.43. The second-order valence-electron chi connectivity index (χ2n) is 5.60. The first-order valence-electron chi connectivity index (χ1n) is 7.86. The minimum Gasteiger partial charge on any atom is -0.467 e. The van der Waals surface area contributed by atoms with Crippen molar-refractivity contribution in [1.29, 1.82) is 0 Å². The largest absolute Gasteiger partial charge is 0.467 e. The third kappa shape index (κ3) is 5.44. The number of aliphatic hydroxyl groups is 1. The van der Waals surface area contributed by atoms with Crippen LogP contribution in [-0.4, -0.2) is 54.9 Å². The molecule has 0 amide bonds. The Balaban J connectivity index is 1.67. The lowest BCUT2D eigenvalue weighted by Gasteiger charge is -2.32. The maximum atomic E-state index is 11.8. The van der Waals surface area contributed by atoms with Crippen LogP contribution in [0.5, 0.6) is 0 Å². The van der Waals surface area contributed by atoms with Gasteiger partial charge in [-0.1, -0.05) is 0 Å². The third-order valence-electron chi connectivity index (χ3n) is 3.73. The van der Waals surface area contributed by atoms with Gasteiger partial charge in [-0.3, -0.25) is 9.69 Å². The smallest absolute Gasteiger partial charge is 0.310 e. The van der Waals surface area contributed by atoms with Gasteiger partial charge in [0.05, 0.1) is 31.5 Å². The molecule has 1 aliphatic rings. The van der Waals surface area contributed by atoms with E-state index in [2.05, 4.69) is 4.90 Å². The minimum absolute atomic E-state index is 0.0788. The van der Waals surface area contributed by atoms with Crippen LogP contribution in [-0.2, 0) is 20.9 Å². The Bertz CT molecular complexity index is 434. The summed E-state index contributed by atoms with van der Waals surface area (Å²) in [5.41, 5.74) is 0. The van der Waals surface area contributed by atoms with Crippen molar-refractivity contribution in [2.45, 2.75) is 32.5 Å². The number of piperidine rings is 1. The summed E-state index contributed by atoms with van der Waals surface area (Å²) in [4.78, 5) is 13.9. The normalized spacial score (nSPS) is 20.7. The van der Waals surface area contributed by atoms with Crippen LogP contribution >= 0.6 is 0 Å². The first-order chi connectivity index (χ1) is 10.7. The van der Waals surface area contributed by atoms with Gasteiger partial charge in [-0.15, -0.1) is 0 Å². The molecule has 2 atom stereocenters. The predicted molar refractivity (Wildman–Crippen MR) is 80.2 cm³/mol. The monoisotopic (exact) mass is 311 g/mol. The molecular formula is C16H25NO5. The van der Waals surface area contributed by atoms with Gasteiger partial charge in [-0.2, -0.15) is 0 Å². The number of hydrogen-bond donors (Lipinski definition) is 1. The number of likely N-dealkylation sites (tertiary alicyclic amines) is 1. The number of hydrogen-bond acceptors (Lipinski definition) is 6. The van der Waals surface area contributed by atoms with E-state index < -0.39 is 6.10 Å². The molecule has 0 radical (unpaired) electrons. The minimum atomic E-state index is -0.573. The summed E-state index contributed by atoms with van der Waals surface area (Å²) in [7, 11) is 0. The van der Waals surface area contributed by atoms with Crippen LogP contribution in [0.3, 0.4) is 0 Å². The summed E-state index contributed by atoms with van der Waals surface area (Å²) < 4.78 is 15.7. The van der Waals surface area contributed by atoms with E-state index in [0.717, 1.165) is 25.1 Å². The zero-order valence-corrected chi connectivity index (χ0v) is 13.1. The van der Waals surface area contributed by atoms with Gasteiger partial charge in [-0.05, 0) is 38.4 Å². The average Bonchev–Trinajstić information content (AvgIpc) is 3.01. The first-order valence-corrected chi connectivity index (χ1v) is 7.86. The van der Waals surface area contributed by atoms with Gasteiger partial charge in [0, 0.05) is 13.1 Å². The van der Waals surface area contributed by atoms with Gasteiger partial charge >= 0.3 is 5.97 Å². The number of ether oxygens (including phenoxy) is 2. The van der Waals surface area contributed by atoms with E-state index in [-0.39, 0.29) is 18.5 Å². The third-order valence-corrected chi connectivity index (χ3v) is 3.73. The maximum absolute atomic E-state index is 11.8. The number of rotatable bonds is 8. The molecule has 0 unspecified atom stereocenters. The van der Waals surface area contributed by atoms with Crippen molar-refractivity contribution in [2.75, 3.05) is 32.8 Å². The maximum Gasteiger partial charge on any atom is 0.310 e. The van der Waals surface area contributed by atoms with E-state index in [1.165, 1.54) is 0 Å². The fourth-order valence-electron chi connectivity index (χ4n) is 2.71. The van der Waals surface area contributed by atoms with Gasteiger partial charge in [-0.25, -0.2) is 0 Å². The van der Waals surface area contributed by atoms with E-state index in [1.807, 2.05) is 13.0 Å². The Hall–Kier alpha value is -1.37. The van der Waals surface area contributed by atoms with Gasteiger partial charge in [0.15, 0.2) is 0 Å². The molecule has 1 aromatic rings. The summed E-state index contributed by atoms with van der Waals surface area (Å²) in [6.07, 6.45) is 2.83. The number of carbonyl (C=O) groups excluding carboxylic acids is 1. The van der Waals surface area contributed by atoms with Crippen LogP contribution in [0.25, 0.3) is 0 Å². The van der Waals surface area contributed by atoms with E-state index in [1.54, 1.807) is 12.3 Å². The number of nitrogens with zero attached hydrogens (tertiary/aromatic N) is 1. The van der Waals surface area contributed by atoms with Crippen molar-refractivity contribution in [1.82, 2.24) is 4.90 Å². The molecule has 0 bridgehead atoms. The van der Waals surface area contributed by atoms with Crippen molar-refractivity contribution in [3.8, 4) is 0 Å². The molecule has 1 aromatic heterocycles. The highest BCUT2D eigenvalue weighted by molar-refractivity contribution is 5.72. The van der Waals surface area contributed by atoms with Crippen LogP contribution in [0.2, 0.25) is 0 Å². The van der Waals surface area contributed by atoms with E-state index in [0.29, 0.717) is 26.3 Å². The van der Waals surface area contributed by atoms with Crippen LogP contribution < -0.4 is 0 Å². The molecule has 2 heterocycles. The average molecular weight is 311 g/mol. The summed E-state index contributed by atoms with van der Waals surface area (Å²) in [6, 6.07) is 3.64. The molecule has 1 fully saturated rings. The van der Waals surface area contributed by atoms with Crippen molar-refractivity contribution in [3.63, 3.8) is 0 Å². The van der Waals surface area contributed by atoms with Crippen LogP contribution in [0.4, 0.5) is 0 Å². The van der Waals surface area contributed by atoms with Crippen molar-refractivity contribution >= 4 is 5.97 Å². The van der Waals surface area contributed by atoms with E-state index in [4.69, 9.17) is 13.9 Å². The fraction of sp³-hybridized carbons (Fsp3) is 0.688. The van der Waals surface area contributed by atoms with Crippen molar-refractivity contribution < 1.29 is 23.8 Å². The quantitative estimate of drug-likeness (QED) is 0.732. The molecule has 6 nitrogen and oxygen atoms in total. The Morgan fingerprint density at radius 1 is 1.59 bits per heavy atom. The number of furan rings is 1. The number of carbonyl (C=O) groups is 1. The summed E-state index contributed by atoms with van der Waals surface area (Å²) in [5.74, 6) is 0.535. The molecule has 0 spiro atoms. The second-order valence-corrected chi connectivity index (χ2v) is 5.60. The molecule has 0 aliphatic carbocycles. The summed E-state index contributed by atoms with van der Waals surface area (Å²) in [6.45, 7) is 4.89. The van der Waals surface area contributed by atoms with Crippen molar-refractivity contribution in [3.05, 3.63) is 24.2 Å². The molecule has 124 valence electrons. The topological polar surface area (TPSA) is 72.1 Å². The lowest BCUT2D eigenvalue weighted by atomic mass is 9.98. The zero-order chi connectivity index (χ0) is 15.8. The molecule has 0 aromatic carbocycles. The van der Waals surface area contributed by atoms with E-state index >= 15 is 0 Å². The van der Waals surface area contributed by atoms with Crippen LogP contribution in [0.1, 0.15) is 25.5 Å². The summed E-state index contributed by atoms with van der Waals surface area (Å²) >= 11 is 0. The summed E-state index contributed by atoms with van der Waals surface area (Å²) in [5, 5.41) is 10.0. The SMILES string of the molecule is CCOC(=O)[C@H]1CCCN(C[C@@H](O)COCc2ccco2)C1. The lowest BCUT2D eigenvalue weighted by molar-refractivity contribution is -0.150. The Morgan fingerprint density at radius 3 is 3.18 bits per heavy atom. The zero-order valence-electron chi connectivity index (χ0n) is 13.1. The van der Waals surface area contributed by atoms with E-state index in [9.17, 15) is 9.90 Å². The van der Waals surface area contributed by atoms with Gasteiger partial charge in [0.2, 0.25) is 0 Å². The van der Waals surface area contributed by atoms with Gasteiger partial charge < -0.3 is 19.0 Å². The number of esters is 1. The molecule has 1 N–H and O–H groups in total. The fourth-order valence-corrected chi connectivity index (χ4v) is 2.71. The van der Waals surface area contributed by atoms with Gasteiger partial charge in [0.25, 0.3) is 0 Å². The molecule has 22 heavy (non-hydrogen) atoms. The second kappa shape index (κ2) is 8.92. The Kier molecular flexibility index (Phi) is 6.89. The standard InChI is InChI=1S/C16H25NO5/c1-2-21-16(19)13-5-3-7-17(9-13)10-14(18)11-20-12-15-6-4-8-22-15/h4,6,8,13-14,18H,2-3,5,7,9-12H2,1H3/t13-,14+/m0/s1. The molecule has 1 aliphatic heterocycles. The van der Waals surface area contributed by atoms with Crippen LogP contribution in [0, 0.1) is 5.92 Å². The first kappa shape index (κ1) is 17.0. The molecule has 1 saturated heterocycles. The highest BCUT2D eigenvalue weighted by Gasteiger charge is 2.27. The molecule has 0 saturated carbocycles. The van der Waals surface area contributed by atoms with Gasteiger partial charge in [0.1, 0.15) is 12.4 Å². The predicted octanol–water partition coefficient (Wildman–Crippen LogP) is 1.43. The highest BCUT2D eigenvalue weighted by atomic mass is 16.5. The molecular weight excluding hydrogens is 286 g/mol. The number of aliphatic hydroxyl groups excluding tert-OH is 1. The Labute approximate surface area is 131 Å². The van der Waals surface area contributed by atoms with Crippen LogP contribution in [0.15, 0.2) is 22.8 Å². The number of β-amino-alcohol motifs (C(OH)–C–C–N with tert-alkyl or cyclic N) is 1.